The van der Waals surface area contributed by atoms with Crippen LogP contribution in [-0.2, 0) is 4.79 Å². The Balaban J connectivity index is 1.78. The second-order valence-electron chi connectivity index (χ2n) is 4.62. The highest BCUT2D eigenvalue weighted by Gasteiger charge is 2.09. The third-order valence-corrected chi connectivity index (χ3v) is 2.99. The van der Waals surface area contributed by atoms with E-state index in [9.17, 15) is 4.79 Å². The van der Waals surface area contributed by atoms with Crippen molar-refractivity contribution >= 4 is 11.6 Å². The fourth-order valence-electron chi connectivity index (χ4n) is 1.89. The van der Waals surface area contributed by atoms with E-state index in [2.05, 4.69) is 10.6 Å². The molecule has 2 N–H and O–H groups in total. The van der Waals surface area contributed by atoms with Gasteiger partial charge in [0.1, 0.15) is 11.5 Å². The molecule has 0 radical (unpaired) electrons. The van der Waals surface area contributed by atoms with Gasteiger partial charge in [-0.1, -0.05) is 0 Å². The monoisotopic (exact) mass is 288 g/mol. The molecule has 1 amide bonds. The number of rotatable bonds is 7. The molecule has 2 rings (SSSR count). The molecule has 5 nitrogen and oxygen atoms in total. The zero-order valence-electron chi connectivity index (χ0n) is 12.3. The van der Waals surface area contributed by atoms with E-state index < -0.39 is 0 Å². The lowest BCUT2D eigenvalue weighted by Crippen LogP contribution is -2.29. The Morgan fingerprint density at radius 3 is 2.67 bits per heavy atom. The molecule has 112 valence electrons. The third-order valence-electron chi connectivity index (χ3n) is 2.99. The Morgan fingerprint density at radius 2 is 2.05 bits per heavy atom. The van der Waals surface area contributed by atoms with Crippen LogP contribution in [0.4, 0.5) is 5.69 Å². The second-order valence-corrected chi connectivity index (χ2v) is 4.62. The van der Waals surface area contributed by atoms with Crippen LogP contribution in [0.15, 0.2) is 47.1 Å². The number of carbonyl (C=O) groups is 1. The molecule has 1 aromatic carbocycles. The Kier molecular flexibility index (Phi) is 5.40. The summed E-state index contributed by atoms with van der Waals surface area (Å²) in [7, 11) is 0. The van der Waals surface area contributed by atoms with Crippen LogP contribution in [0, 0.1) is 0 Å². The minimum absolute atomic E-state index is 0.00826. The minimum atomic E-state index is -0.0995. The molecule has 21 heavy (non-hydrogen) atoms. The average molecular weight is 288 g/mol. The summed E-state index contributed by atoms with van der Waals surface area (Å²) in [5, 5.41) is 5.93. The number of benzene rings is 1. The summed E-state index contributed by atoms with van der Waals surface area (Å²) in [5.74, 6) is 1.50. The van der Waals surface area contributed by atoms with Gasteiger partial charge in [0, 0.05) is 5.69 Å². The number of ether oxygens (including phenoxy) is 1. The zero-order chi connectivity index (χ0) is 15.1. The fourth-order valence-corrected chi connectivity index (χ4v) is 1.89. The van der Waals surface area contributed by atoms with E-state index in [-0.39, 0.29) is 18.5 Å². The van der Waals surface area contributed by atoms with Gasteiger partial charge < -0.3 is 14.5 Å². The first-order valence-corrected chi connectivity index (χ1v) is 6.98. The van der Waals surface area contributed by atoms with Crippen molar-refractivity contribution in [3.05, 3.63) is 48.4 Å². The number of anilines is 1. The van der Waals surface area contributed by atoms with Gasteiger partial charge in [-0.3, -0.25) is 10.1 Å². The SMILES string of the molecule is CCOc1ccc(NC(=O)CN[C@@H](C)c2ccco2)cc1. The number of nitrogens with one attached hydrogen (secondary N) is 2. The third kappa shape index (κ3) is 4.65. The van der Waals surface area contributed by atoms with E-state index in [4.69, 9.17) is 9.15 Å². The summed E-state index contributed by atoms with van der Waals surface area (Å²) < 4.78 is 10.6. The Labute approximate surface area is 124 Å². The van der Waals surface area contributed by atoms with Gasteiger partial charge in [-0.2, -0.15) is 0 Å². The van der Waals surface area contributed by atoms with E-state index >= 15 is 0 Å². The zero-order valence-corrected chi connectivity index (χ0v) is 12.3. The summed E-state index contributed by atoms with van der Waals surface area (Å²) in [6, 6.07) is 11.0. The molecule has 0 bridgehead atoms. The van der Waals surface area contributed by atoms with Crippen molar-refractivity contribution in [2.75, 3.05) is 18.5 Å². The van der Waals surface area contributed by atoms with Crippen LogP contribution in [0.1, 0.15) is 25.6 Å². The smallest absolute Gasteiger partial charge is 0.238 e. The highest BCUT2D eigenvalue weighted by Crippen LogP contribution is 2.15. The van der Waals surface area contributed by atoms with Crippen molar-refractivity contribution in [2.45, 2.75) is 19.9 Å². The van der Waals surface area contributed by atoms with Gasteiger partial charge in [-0.05, 0) is 50.2 Å². The molecule has 1 atom stereocenters. The van der Waals surface area contributed by atoms with Crippen molar-refractivity contribution in [3.63, 3.8) is 0 Å². The lowest BCUT2D eigenvalue weighted by atomic mass is 10.2. The summed E-state index contributed by atoms with van der Waals surface area (Å²) in [5.41, 5.74) is 0.746. The first-order valence-electron chi connectivity index (χ1n) is 6.98. The quantitative estimate of drug-likeness (QED) is 0.822. The van der Waals surface area contributed by atoms with Gasteiger partial charge in [0.25, 0.3) is 0 Å². The van der Waals surface area contributed by atoms with E-state index in [1.807, 2.05) is 50.2 Å². The topological polar surface area (TPSA) is 63.5 Å². The molecule has 0 aliphatic rings. The van der Waals surface area contributed by atoms with Gasteiger partial charge >= 0.3 is 0 Å². The molecule has 0 aliphatic heterocycles. The molecule has 2 aromatic rings. The van der Waals surface area contributed by atoms with Crippen LogP contribution in [0.3, 0.4) is 0 Å². The lowest BCUT2D eigenvalue weighted by molar-refractivity contribution is -0.115. The van der Waals surface area contributed by atoms with Crippen molar-refractivity contribution in [1.29, 1.82) is 0 Å². The predicted octanol–water partition coefficient (Wildman–Crippen LogP) is 2.97. The first kappa shape index (κ1) is 15.1. The molecule has 0 saturated carbocycles. The molecule has 0 saturated heterocycles. The molecule has 0 spiro atoms. The van der Waals surface area contributed by atoms with Crippen molar-refractivity contribution in [2.24, 2.45) is 0 Å². The van der Waals surface area contributed by atoms with Crippen molar-refractivity contribution < 1.29 is 13.9 Å². The molecule has 0 unspecified atom stereocenters. The maximum atomic E-state index is 11.9. The summed E-state index contributed by atoms with van der Waals surface area (Å²) in [4.78, 5) is 11.9. The highest BCUT2D eigenvalue weighted by molar-refractivity contribution is 5.92. The first-order chi connectivity index (χ1) is 10.2. The van der Waals surface area contributed by atoms with E-state index in [0.717, 1.165) is 17.2 Å². The predicted molar refractivity (Wildman–Crippen MR) is 81.4 cm³/mol. The standard InChI is InChI=1S/C16H20N2O3/c1-3-20-14-8-6-13(7-9-14)18-16(19)11-17-12(2)15-5-4-10-21-15/h4-10,12,17H,3,11H2,1-2H3,(H,18,19)/t12-/m0/s1. The maximum absolute atomic E-state index is 11.9. The number of furan rings is 1. The normalized spacial score (nSPS) is 11.9. The Bertz CT molecular complexity index is 549. The molecule has 0 aliphatic carbocycles. The molecule has 1 heterocycles. The highest BCUT2D eigenvalue weighted by atomic mass is 16.5. The Hall–Kier alpha value is -2.27. The summed E-state index contributed by atoms with van der Waals surface area (Å²) in [6.45, 7) is 4.72. The Morgan fingerprint density at radius 1 is 1.29 bits per heavy atom. The van der Waals surface area contributed by atoms with E-state index in [1.165, 1.54) is 0 Å². The van der Waals surface area contributed by atoms with Crippen LogP contribution < -0.4 is 15.4 Å². The van der Waals surface area contributed by atoms with Gasteiger partial charge in [-0.25, -0.2) is 0 Å². The number of amides is 1. The molecule has 5 heteroatoms. The summed E-state index contributed by atoms with van der Waals surface area (Å²) in [6.07, 6.45) is 1.62. The van der Waals surface area contributed by atoms with Crippen LogP contribution in [-0.4, -0.2) is 19.1 Å². The van der Waals surface area contributed by atoms with Crippen LogP contribution in [0.5, 0.6) is 5.75 Å². The number of carbonyl (C=O) groups excluding carboxylic acids is 1. The number of hydrogen-bond acceptors (Lipinski definition) is 4. The van der Waals surface area contributed by atoms with Gasteiger partial charge in [-0.15, -0.1) is 0 Å². The molecular formula is C16H20N2O3. The van der Waals surface area contributed by atoms with Crippen LogP contribution in [0.2, 0.25) is 0 Å². The number of hydrogen-bond donors (Lipinski definition) is 2. The van der Waals surface area contributed by atoms with Gasteiger partial charge in [0.2, 0.25) is 5.91 Å². The average Bonchev–Trinajstić information content (AvgIpc) is 3.01. The maximum Gasteiger partial charge on any atom is 0.238 e. The molecule has 0 fully saturated rings. The van der Waals surface area contributed by atoms with Gasteiger partial charge in [0.05, 0.1) is 25.5 Å². The van der Waals surface area contributed by atoms with Crippen molar-refractivity contribution in [1.82, 2.24) is 5.32 Å². The second kappa shape index (κ2) is 7.50. The van der Waals surface area contributed by atoms with E-state index in [1.54, 1.807) is 6.26 Å². The van der Waals surface area contributed by atoms with Crippen LogP contribution >= 0.6 is 0 Å². The molecular weight excluding hydrogens is 268 g/mol. The van der Waals surface area contributed by atoms with E-state index in [0.29, 0.717) is 6.61 Å². The summed E-state index contributed by atoms with van der Waals surface area (Å²) >= 11 is 0. The van der Waals surface area contributed by atoms with Gasteiger partial charge in [0.15, 0.2) is 0 Å². The lowest BCUT2D eigenvalue weighted by Gasteiger charge is -2.11. The minimum Gasteiger partial charge on any atom is -0.494 e. The van der Waals surface area contributed by atoms with Crippen LogP contribution in [0.25, 0.3) is 0 Å². The van der Waals surface area contributed by atoms with Crippen molar-refractivity contribution in [3.8, 4) is 5.75 Å². The molecule has 1 aromatic heterocycles. The largest absolute Gasteiger partial charge is 0.494 e. The fraction of sp³-hybridized carbons (Fsp3) is 0.312.